The number of aliphatic hydroxyl groups is 1. The predicted octanol–water partition coefficient (Wildman–Crippen LogP) is 3.43. The second-order valence-electron chi connectivity index (χ2n) is 6.71. The molecule has 4 heteroatoms. The topological polar surface area (TPSA) is 45.6 Å². The second-order valence-corrected chi connectivity index (χ2v) is 6.71. The number of hydrogen-bond donors (Lipinski definition) is 1. The summed E-state index contributed by atoms with van der Waals surface area (Å²) in [6.45, 7) is 2.28. The van der Waals surface area contributed by atoms with Crippen molar-refractivity contribution in [1.29, 1.82) is 0 Å². The normalized spacial score (nSPS) is 18.4. The Balaban J connectivity index is 1.64. The van der Waals surface area contributed by atoms with E-state index >= 15 is 0 Å². The van der Waals surface area contributed by atoms with Gasteiger partial charge in [0.25, 0.3) is 0 Å². The molecule has 0 unspecified atom stereocenters. The van der Waals surface area contributed by atoms with Crippen molar-refractivity contribution in [1.82, 2.24) is 9.88 Å². The summed E-state index contributed by atoms with van der Waals surface area (Å²) in [5, 5.41) is 8.75. The number of pyridine rings is 1. The van der Waals surface area contributed by atoms with Crippen LogP contribution in [0.3, 0.4) is 0 Å². The SMILES string of the molecule is CN1CCC[C@H]1COc1cncc(CCCCCCCCO)c1. The smallest absolute Gasteiger partial charge is 0.137 e. The summed E-state index contributed by atoms with van der Waals surface area (Å²) < 4.78 is 5.94. The molecule has 1 atom stereocenters. The molecule has 2 rings (SSSR count). The Hall–Kier alpha value is -1.13. The largest absolute Gasteiger partial charge is 0.490 e. The standard InChI is InChI=1S/C19H32N2O2/c1-21-11-8-10-18(21)16-23-19-13-17(14-20-15-19)9-6-4-2-3-5-7-12-22/h13-15,18,22H,2-12,16H2,1H3/t18-/m0/s1. The number of hydrogen-bond acceptors (Lipinski definition) is 4. The highest BCUT2D eigenvalue weighted by atomic mass is 16.5. The lowest BCUT2D eigenvalue weighted by molar-refractivity contribution is 0.197. The van der Waals surface area contributed by atoms with Gasteiger partial charge in [-0.3, -0.25) is 4.98 Å². The second kappa shape index (κ2) is 10.6. The van der Waals surface area contributed by atoms with Crippen LogP contribution in [-0.2, 0) is 6.42 Å². The van der Waals surface area contributed by atoms with Gasteiger partial charge in [-0.05, 0) is 57.3 Å². The highest BCUT2D eigenvalue weighted by Gasteiger charge is 2.21. The number of aliphatic hydroxyl groups excluding tert-OH is 1. The maximum absolute atomic E-state index is 8.75. The first-order valence-electron chi connectivity index (χ1n) is 9.17. The number of likely N-dealkylation sites (N-methyl/N-ethyl adjacent to an activating group) is 1. The molecule has 130 valence electrons. The fourth-order valence-corrected chi connectivity index (χ4v) is 3.21. The fourth-order valence-electron chi connectivity index (χ4n) is 3.21. The van der Waals surface area contributed by atoms with Gasteiger partial charge in [0.2, 0.25) is 0 Å². The van der Waals surface area contributed by atoms with Crippen LogP contribution < -0.4 is 4.74 Å². The summed E-state index contributed by atoms with van der Waals surface area (Å²) in [4.78, 5) is 6.70. The van der Waals surface area contributed by atoms with E-state index in [1.165, 1.54) is 50.6 Å². The van der Waals surface area contributed by atoms with Gasteiger partial charge in [-0.25, -0.2) is 0 Å². The number of aromatic nitrogens is 1. The summed E-state index contributed by atoms with van der Waals surface area (Å²) in [5.74, 6) is 0.908. The van der Waals surface area contributed by atoms with E-state index in [-0.39, 0.29) is 0 Å². The van der Waals surface area contributed by atoms with Crippen LogP contribution in [-0.4, -0.2) is 47.8 Å². The molecule has 1 saturated heterocycles. The molecule has 1 aliphatic heterocycles. The summed E-state index contributed by atoms with van der Waals surface area (Å²) in [6, 6.07) is 2.70. The lowest BCUT2D eigenvalue weighted by Gasteiger charge is -2.19. The Labute approximate surface area is 140 Å². The molecule has 1 aromatic rings. The first kappa shape index (κ1) is 18.2. The van der Waals surface area contributed by atoms with Crippen LogP contribution in [0.4, 0.5) is 0 Å². The Bertz CT molecular complexity index is 439. The van der Waals surface area contributed by atoms with Gasteiger partial charge in [-0.15, -0.1) is 0 Å². The molecular formula is C19H32N2O2. The first-order valence-corrected chi connectivity index (χ1v) is 9.17. The van der Waals surface area contributed by atoms with Crippen molar-refractivity contribution in [3.05, 3.63) is 24.0 Å². The third kappa shape index (κ3) is 6.88. The molecule has 23 heavy (non-hydrogen) atoms. The quantitative estimate of drug-likeness (QED) is 0.635. The van der Waals surface area contributed by atoms with Gasteiger partial charge < -0.3 is 14.7 Å². The molecule has 2 heterocycles. The number of aryl methyl sites for hydroxylation is 1. The third-order valence-corrected chi connectivity index (χ3v) is 4.76. The van der Waals surface area contributed by atoms with Gasteiger partial charge in [-0.2, -0.15) is 0 Å². The van der Waals surface area contributed by atoms with Crippen molar-refractivity contribution in [2.24, 2.45) is 0 Å². The maximum Gasteiger partial charge on any atom is 0.137 e. The van der Waals surface area contributed by atoms with Crippen LogP contribution in [0.15, 0.2) is 18.5 Å². The minimum Gasteiger partial charge on any atom is -0.490 e. The van der Waals surface area contributed by atoms with E-state index in [2.05, 4.69) is 23.0 Å². The highest BCUT2D eigenvalue weighted by Crippen LogP contribution is 2.18. The summed E-state index contributed by atoms with van der Waals surface area (Å²) in [7, 11) is 2.18. The van der Waals surface area contributed by atoms with E-state index in [1.54, 1.807) is 0 Å². The number of ether oxygens (including phenoxy) is 1. The van der Waals surface area contributed by atoms with Crippen molar-refractivity contribution < 1.29 is 9.84 Å². The zero-order valence-corrected chi connectivity index (χ0v) is 14.5. The van der Waals surface area contributed by atoms with Crippen LogP contribution >= 0.6 is 0 Å². The summed E-state index contributed by atoms with van der Waals surface area (Å²) in [5.41, 5.74) is 1.28. The molecule has 4 nitrogen and oxygen atoms in total. The molecule has 0 aromatic carbocycles. The van der Waals surface area contributed by atoms with E-state index in [0.29, 0.717) is 12.6 Å². The Kier molecular flexibility index (Phi) is 8.40. The highest BCUT2D eigenvalue weighted by molar-refractivity contribution is 5.23. The molecule has 0 aliphatic carbocycles. The van der Waals surface area contributed by atoms with E-state index in [4.69, 9.17) is 9.84 Å². The minimum atomic E-state index is 0.328. The maximum atomic E-state index is 8.75. The van der Waals surface area contributed by atoms with E-state index in [0.717, 1.165) is 31.6 Å². The van der Waals surface area contributed by atoms with Crippen molar-refractivity contribution in [3.63, 3.8) is 0 Å². The minimum absolute atomic E-state index is 0.328. The van der Waals surface area contributed by atoms with Crippen LogP contribution in [0.1, 0.15) is 56.9 Å². The first-order chi connectivity index (χ1) is 11.3. The lowest BCUT2D eigenvalue weighted by atomic mass is 10.1. The van der Waals surface area contributed by atoms with Crippen LogP contribution in [0.2, 0.25) is 0 Å². The predicted molar refractivity (Wildman–Crippen MR) is 93.9 cm³/mol. The molecule has 0 amide bonds. The molecule has 1 aromatic heterocycles. The molecule has 1 N–H and O–H groups in total. The lowest BCUT2D eigenvalue weighted by Crippen LogP contribution is -2.30. The Morgan fingerprint density at radius 2 is 1.96 bits per heavy atom. The van der Waals surface area contributed by atoms with Gasteiger partial charge in [-0.1, -0.05) is 25.7 Å². The Morgan fingerprint density at radius 1 is 1.17 bits per heavy atom. The molecular weight excluding hydrogens is 288 g/mol. The van der Waals surface area contributed by atoms with Crippen LogP contribution in [0.5, 0.6) is 5.75 Å². The molecule has 1 fully saturated rings. The van der Waals surface area contributed by atoms with Crippen LogP contribution in [0, 0.1) is 0 Å². The average Bonchev–Trinajstić information content (AvgIpc) is 2.98. The molecule has 1 aliphatic rings. The van der Waals surface area contributed by atoms with Crippen molar-refractivity contribution >= 4 is 0 Å². The Morgan fingerprint density at radius 3 is 2.70 bits per heavy atom. The fraction of sp³-hybridized carbons (Fsp3) is 0.737. The molecule has 0 spiro atoms. The third-order valence-electron chi connectivity index (χ3n) is 4.76. The summed E-state index contributed by atoms with van der Waals surface area (Å²) in [6.07, 6.45) is 14.4. The number of nitrogens with zero attached hydrogens (tertiary/aromatic N) is 2. The molecule has 0 radical (unpaired) electrons. The summed E-state index contributed by atoms with van der Waals surface area (Å²) >= 11 is 0. The monoisotopic (exact) mass is 320 g/mol. The van der Waals surface area contributed by atoms with Gasteiger partial charge in [0.1, 0.15) is 12.4 Å². The number of likely N-dealkylation sites (tertiary alicyclic amines) is 1. The zero-order chi connectivity index (χ0) is 16.3. The van der Waals surface area contributed by atoms with Gasteiger partial charge in [0.05, 0.1) is 6.20 Å². The van der Waals surface area contributed by atoms with Gasteiger partial charge in [0, 0.05) is 18.8 Å². The van der Waals surface area contributed by atoms with Crippen molar-refractivity contribution in [2.75, 3.05) is 26.8 Å². The molecule has 0 saturated carbocycles. The number of unbranched alkanes of at least 4 members (excludes halogenated alkanes) is 5. The van der Waals surface area contributed by atoms with E-state index in [9.17, 15) is 0 Å². The van der Waals surface area contributed by atoms with E-state index in [1.807, 2.05) is 12.4 Å². The van der Waals surface area contributed by atoms with Crippen molar-refractivity contribution in [2.45, 2.75) is 63.8 Å². The van der Waals surface area contributed by atoms with Gasteiger partial charge >= 0.3 is 0 Å². The molecule has 0 bridgehead atoms. The van der Waals surface area contributed by atoms with Gasteiger partial charge in [0.15, 0.2) is 0 Å². The number of rotatable bonds is 11. The van der Waals surface area contributed by atoms with Crippen LogP contribution in [0.25, 0.3) is 0 Å². The van der Waals surface area contributed by atoms with Crippen molar-refractivity contribution in [3.8, 4) is 5.75 Å². The average molecular weight is 320 g/mol. The zero-order valence-electron chi connectivity index (χ0n) is 14.5. The van der Waals surface area contributed by atoms with E-state index < -0.39 is 0 Å².